The number of hydrogen-bond donors (Lipinski definition) is 2. The van der Waals surface area contributed by atoms with E-state index in [1.807, 2.05) is 0 Å². The second-order valence-electron chi connectivity index (χ2n) is 5.74. The van der Waals surface area contributed by atoms with Crippen LogP contribution in [0.25, 0.3) is 0 Å². The van der Waals surface area contributed by atoms with Crippen LogP contribution in [-0.4, -0.2) is 14.5 Å². The van der Waals surface area contributed by atoms with Gasteiger partial charge in [0, 0.05) is 15.0 Å². The highest BCUT2D eigenvalue weighted by Crippen LogP contribution is 2.32. The molecular formula is C14H20Br2N2O2S. The van der Waals surface area contributed by atoms with Crippen LogP contribution in [0.3, 0.4) is 0 Å². The molecule has 0 saturated heterocycles. The highest BCUT2D eigenvalue weighted by atomic mass is 79.9. The molecule has 0 spiro atoms. The van der Waals surface area contributed by atoms with Crippen LogP contribution in [0.5, 0.6) is 0 Å². The number of sulfonamides is 1. The highest BCUT2D eigenvalue weighted by molar-refractivity contribution is 9.11. The summed E-state index contributed by atoms with van der Waals surface area (Å²) in [4.78, 5) is 0.128. The Morgan fingerprint density at radius 3 is 2.57 bits per heavy atom. The summed E-state index contributed by atoms with van der Waals surface area (Å²) in [7, 11) is -3.61. The summed E-state index contributed by atoms with van der Waals surface area (Å²) < 4.78 is 29.3. The first-order valence-electron chi connectivity index (χ1n) is 7.06. The van der Waals surface area contributed by atoms with Crippen molar-refractivity contribution in [3.05, 3.63) is 21.1 Å². The first-order valence-corrected chi connectivity index (χ1v) is 10.1. The molecule has 0 aromatic heterocycles. The number of hydrogen-bond acceptors (Lipinski definition) is 3. The van der Waals surface area contributed by atoms with Gasteiger partial charge in [-0.25, -0.2) is 13.1 Å². The van der Waals surface area contributed by atoms with Gasteiger partial charge in [-0.1, -0.05) is 35.7 Å². The van der Waals surface area contributed by atoms with Gasteiger partial charge in [-0.3, -0.25) is 0 Å². The van der Waals surface area contributed by atoms with Gasteiger partial charge in [-0.05, 0) is 53.2 Å². The molecule has 0 aliphatic heterocycles. The van der Waals surface area contributed by atoms with Crippen LogP contribution < -0.4 is 10.5 Å². The normalized spacial score (nSPS) is 23.8. The maximum Gasteiger partial charge on any atom is 0.243 e. The second kappa shape index (κ2) is 6.98. The van der Waals surface area contributed by atoms with Crippen molar-refractivity contribution in [3.8, 4) is 0 Å². The molecule has 0 radical (unpaired) electrons. The molecule has 21 heavy (non-hydrogen) atoms. The third kappa shape index (κ3) is 4.43. The standard InChI is InChI=1S/C14H20Br2N2O2S/c1-9-3-2-4-11(6-5-9)18-21(19,20)14-12(16)7-10(15)8-13(14)17/h7-9,11,18H,2-6,17H2,1H3. The first-order chi connectivity index (χ1) is 9.79. The topological polar surface area (TPSA) is 72.2 Å². The van der Waals surface area contributed by atoms with Gasteiger partial charge >= 0.3 is 0 Å². The van der Waals surface area contributed by atoms with E-state index in [0.717, 1.165) is 30.2 Å². The van der Waals surface area contributed by atoms with Gasteiger partial charge in [-0.15, -0.1) is 0 Å². The van der Waals surface area contributed by atoms with Crippen LogP contribution in [0.15, 0.2) is 26.0 Å². The lowest BCUT2D eigenvalue weighted by Gasteiger charge is -2.18. The zero-order chi connectivity index (χ0) is 15.6. The fourth-order valence-corrected chi connectivity index (χ4v) is 6.12. The van der Waals surface area contributed by atoms with Crippen LogP contribution in [0.4, 0.5) is 5.69 Å². The summed E-state index contributed by atoms with van der Waals surface area (Å²) in [5.74, 6) is 0.670. The van der Waals surface area contributed by atoms with E-state index >= 15 is 0 Å². The van der Waals surface area contributed by atoms with Crippen LogP contribution in [0.1, 0.15) is 39.0 Å². The molecule has 4 nitrogen and oxygen atoms in total. The molecule has 2 atom stereocenters. The van der Waals surface area contributed by atoms with Gasteiger partial charge in [-0.2, -0.15) is 0 Å². The Bertz CT molecular complexity index is 596. The van der Waals surface area contributed by atoms with Gasteiger partial charge in [0.1, 0.15) is 4.90 Å². The van der Waals surface area contributed by atoms with Crippen molar-refractivity contribution in [1.82, 2.24) is 4.72 Å². The van der Waals surface area contributed by atoms with Gasteiger partial charge in [0.25, 0.3) is 0 Å². The molecule has 1 saturated carbocycles. The fraction of sp³-hybridized carbons (Fsp3) is 0.571. The molecule has 1 aromatic carbocycles. The van der Waals surface area contributed by atoms with Gasteiger partial charge < -0.3 is 5.73 Å². The van der Waals surface area contributed by atoms with Crippen molar-refractivity contribution in [1.29, 1.82) is 0 Å². The summed E-state index contributed by atoms with van der Waals surface area (Å²) in [5.41, 5.74) is 6.13. The highest BCUT2D eigenvalue weighted by Gasteiger charge is 2.26. The average Bonchev–Trinajstić information content (AvgIpc) is 2.52. The summed E-state index contributed by atoms with van der Waals surface area (Å²) in [6.07, 6.45) is 5.06. The average molecular weight is 440 g/mol. The maximum atomic E-state index is 12.6. The molecule has 1 aromatic rings. The lowest BCUT2D eigenvalue weighted by atomic mass is 10.0. The third-order valence-corrected chi connectivity index (χ3v) is 6.87. The Morgan fingerprint density at radius 2 is 1.90 bits per heavy atom. The van der Waals surface area contributed by atoms with Crippen molar-refractivity contribution in [2.24, 2.45) is 5.92 Å². The van der Waals surface area contributed by atoms with E-state index in [1.165, 1.54) is 6.42 Å². The molecule has 7 heteroatoms. The molecule has 0 amide bonds. The smallest absolute Gasteiger partial charge is 0.243 e. The third-order valence-electron chi connectivity index (χ3n) is 3.89. The van der Waals surface area contributed by atoms with Crippen molar-refractivity contribution < 1.29 is 8.42 Å². The van der Waals surface area contributed by atoms with E-state index in [2.05, 4.69) is 43.5 Å². The summed E-state index contributed by atoms with van der Waals surface area (Å²) in [5, 5.41) is 0. The molecule has 1 aliphatic carbocycles. The van der Waals surface area contributed by atoms with E-state index in [1.54, 1.807) is 12.1 Å². The molecule has 2 unspecified atom stereocenters. The van der Waals surface area contributed by atoms with Gasteiger partial charge in [0.05, 0.1) is 5.69 Å². The predicted molar refractivity (Wildman–Crippen MR) is 92.6 cm³/mol. The van der Waals surface area contributed by atoms with Crippen molar-refractivity contribution in [2.75, 3.05) is 5.73 Å². The predicted octanol–water partition coefficient (Wildman–Crippen LogP) is 4.04. The van der Waals surface area contributed by atoms with E-state index in [-0.39, 0.29) is 16.6 Å². The zero-order valence-corrected chi connectivity index (χ0v) is 15.9. The lowest BCUT2D eigenvalue weighted by Crippen LogP contribution is -2.35. The molecule has 118 valence electrons. The van der Waals surface area contributed by atoms with Crippen molar-refractivity contribution in [2.45, 2.75) is 50.0 Å². The number of nitrogens with one attached hydrogen (secondary N) is 1. The Labute approximate surface area is 143 Å². The van der Waals surface area contributed by atoms with E-state index in [0.29, 0.717) is 10.4 Å². The zero-order valence-electron chi connectivity index (χ0n) is 11.9. The first kappa shape index (κ1) is 17.2. The maximum absolute atomic E-state index is 12.6. The number of benzene rings is 1. The Hall–Kier alpha value is -0.110. The monoisotopic (exact) mass is 438 g/mol. The SMILES string of the molecule is CC1CCCC(NS(=O)(=O)c2c(N)cc(Br)cc2Br)CC1. The Balaban J connectivity index is 2.23. The Kier molecular flexibility index (Phi) is 5.73. The van der Waals surface area contributed by atoms with E-state index in [4.69, 9.17) is 5.73 Å². The van der Waals surface area contributed by atoms with Gasteiger partial charge in [0.15, 0.2) is 0 Å². The number of halogens is 2. The Morgan fingerprint density at radius 1 is 1.19 bits per heavy atom. The molecule has 1 fully saturated rings. The summed E-state index contributed by atoms with van der Waals surface area (Å²) in [6, 6.07) is 3.30. The van der Waals surface area contributed by atoms with Crippen LogP contribution >= 0.6 is 31.9 Å². The number of nitrogen functional groups attached to an aromatic ring is 1. The summed E-state index contributed by atoms with van der Waals surface area (Å²) in [6.45, 7) is 2.22. The minimum absolute atomic E-state index is 0.00473. The molecule has 1 aliphatic rings. The quantitative estimate of drug-likeness (QED) is 0.551. The lowest BCUT2D eigenvalue weighted by molar-refractivity contribution is 0.484. The second-order valence-corrected chi connectivity index (χ2v) is 9.16. The molecule has 3 N–H and O–H groups in total. The fourth-order valence-electron chi connectivity index (χ4n) is 2.75. The van der Waals surface area contributed by atoms with Crippen molar-refractivity contribution >= 4 is 47.6 Å². The number of nitrogens with two attached hydrogens (primary N) is 1. The summed E-state index contributed by atoms with van der Waals surface area (Å²) >= 11 is 6.60. The largest absolute Gasteiger partial charge is 0.398 e. The molecule has 0 bridgehead atoms. The van der Waals surface area contributed by atoms with E-state index < -0.39 is 10.0 Å². The minimum atomic E-state index is -3.61. The number of rotatable bonds is 3. The van der Waals surface area contributed by atoms with Crippen molar-refractivity contribution in [3.63, 3.8) is 0 Å². The molecule has 2 rings (SSSR count). The molecule has 0 heterocycles. The van der Waals surface area contributed by atoms with Crippen LogP contribution in [0.2, 0.25) is 0 Å². The van der Waals surface area contributed by atoms with Crippen LogP contribution in [0, 0.1) is 5.92 Å². The molecular weight excluding hydrogens is 420 g/mol. The van der Waals surface area contributed by atoms with Crippen LogP contribution in [-0.2, 0) is 10.0 Å². The minimum Gasteiger partial charge on any atom is -0.398 e. The van der Waals surface area contributed by atoms with E-state index in [9.17, 15) is 8.42 Å². The number of anilines is 1. The van der Waals surface area contributed by atoms with Gasteiger partial charge in [0.2, 0.25) is 10.0 Å².